The maximum Gasteiger partial charge on any atom is 0.267 e. The van der Waals surface area contributed by atoms with Gasteiger partial charge in [0.05, 0.1) is 26.4 Å². The standard InChI is InChI=1S/C13H18F2O3/c1-13(2,7-16)9-6-10(17-3)8(12(14)15)5-11(9)18-4/h5-6,12,16H,7H2,1-4H3. The highest BCUT2D eigenvalue weighted by molar-refractivity contribution is 5.50. The fourth-order valence-electron chi connectivity index (χ4n) is 1.71. The fourth-order valence-corrected chi connectivity index (χ4v) is 1.71. The Kier molecular flexibility index (Phi) is 4.51. The number of halogens is 2. The summed E-state index contributed by atoms with van der Waals surface area (Å²) in [7, 11) is 2.75. The quantitative estimate of drug-likeness (QED) is 0.884. The zero-order valence-electron chi connectivity index (χ0n) is 11.0. The van der Waals surface area contributed by atoms with Crippen LogP contribution in [0.2, 0.25) is 0 Å². The summed E-state index contributed by atoms with van der Waals surface area (Å²) in [5.74, 6) is 0.424. The summed E-state index contributed by atoms with van der Waals surface area (Å²) in [5, 5.41) is 9.36. The highest BCUT2D eigenvalue weighted by atomic mass is 19.3. The van der Waals surface area contributed by atoms with E-state index in [1.54, 1.807) is 13.8 Å². The zero-order chi connectivity index (χ0) is 13.9. The summed E-state index contributed by atoms with van der Waals surface area (Å²) in [4.78, 5) is 0. The molecule has 0 radical (unpaired) electrons. The number of rotatable bonds is 5. The molecule has 1 aromatic carbocycles. The number of ether oxygens (including phenoxy) is 2. The summed E-state index contributed by atoms with van der Waals surface area (Å²) >= 11 is 0. The lowest BCUT2D eigenvalue weighted by Gasteiger charge is -2.26. The van der Waals surface area contributed by atoms with Crippen LogP contribution in [-0.4, -0.2) is 25.9 Å². The number of aliphatic hydroxyl groups excluding tert-OH is 1. The Morgan fingerprint density at radius 2 is 1.72 bits per heavy atom. The first-order chi connectivity index (χ1) is 8.37. The average Bonchev–Trinajstić information content (AvgIpc) is 2.36. The van der Waals surface area contributed by atoms with Gasteiger partial charge in [0.25, 0.3) is 6.43 Å². The molecule has 0 aromatic heterocycles. The number of benzene rings is 1. The van der Waals surface area contributed by atoms with Gasteiger partial charge in [-0.15, -0.1) is 0 Å². The van der Waals surface area contributed by atoms with Crippen molar-refractivity contribution in [1.82, 2.24) is 0 Å². The molecule has 0 amide bonds. The molecule has 1 N–H and O–H groups in total. The van der Waals surface area contributed by atoms with E-state index >= 15 is 0 Å². The number of alkyl halides is 2. The number of aliphatic hydroxyl groups is 1. The molecule has 0 atom stereocenters. The van der Waals surface area contributed by atoms with Gasteiger partial charge in [0.1, 0.15) is 11.5 Å². The maximum absolute atomic E-state index is 12.9. The van der Waals surface area contributed by atoms with E-state index in [1.807, 2.05) is 0 Å². The van der Waals surface area contributed by atoms with Crippen molar-refractivity contribution in [2.75, 3.05) is 20.8 Å². The van der Waals surface area contributed by atoms with Gasteiger partial charge < -0.3 is 14.6 Å². The van der Waals surface area contributed by atoms with Crippen molar-refractivity contribution in [1.29, 1.82) is 0 Å². The van der Waals surface area contributed by atoms with Crippen molar-refractivity contribution < 1.29 is 23.4 Å². The molecule has 0 aliphatic rings. The summed E-state index contributed by atoms with van der Waals surface area (Å²) < 4.78 is 35.8. The molecule has 0 bridgehead atoms. The third kappa shape index (κ3) is 2.72. The fraction of sp³-hybridized carbons (Fsp3) is 0.538. The molecule has 0 heterocycles. The summed E-state index contributed by atoms with van der Waals surface area (Å²) in [6.07, 6.45) is -2.64. The molecule has 0 spiro atoms. The van der Waals surface area contributed by atoms with Gasteiger partial charge in [-0.05, 0) is 12.1 Å². The number of hydrogen-bond acceptors (Lipinski definition) is 3. The van der Waals surface area contributed by atoms with Crippen LogP contribution < -0.4 is 9.47 Å². The van der Waals surface area contributed by atoms with Crippen LogP contribution in [0.1, 0.15) is 31.4 Å². The van der Waals surface area contributed by atoms with Gasteiger partial charge in [0.15, 0.2) is 0 Å². The van der Waals surface area contributed by atoms with E-state index in [0.29, 0.717) is 11.3 Å². The van der Waals surface area contributed by atoms with Crippen LogP contribution in [0, 0.1) is 0 Å². The first kappa shape index (κ1) is 14.7. The van der Waals surface area contributed by atoms with Gasteiger partial charge in [0, 0.05) is 11.0 Å². The van der Waals surface area contributed by atoms with E-state index in [2.05, 4.69) is 0 Å². The lowest BCUT2D eigenvalue weighted by molar-refractivity contribution is 0.146. The highest BCUT2D eigenvalue weighted by Crippen LogP contribution is 2.39. The second-order valence-electron chi connectivity index (χ2n) is 4.64. The van der Waals surface area contributed by atoms with E-state index < -0.39 is 11.8 Å². The van der Waals surface area contributed by atoms with Gasteiger partial charge in [-0.2, -0.15) is 0 Å². The summed E-state index contributed by atoms with van der Waals surface area (Å²) in [6.45, 7) is 3.47. The summed E-state index contributed by atoms with van der Waals surface area (Å²) in [5.41, 5.74) is -0.181. The minimum Gasteiger partial charge on any atom is -0.496 e. The molecule has 0 saturated heterocycles. The third-order valence-corrected chi connectivity index (χ3v) is 2.91. The molecule has 0 aliphatic carbocycles. The minimum atomic E-state index is -2.64. The minimum absolute atomic E-state index is 0.0994. The van der Waals surface area contributed by atoms with Crippen molar-refractivity contribution in [3.63, 3.8) is 0 Å². The molecule has 0 fully saturated rings. The molecular formula is C13H18F2O3. The van der Waals surface area contributed by atoms with Crippen LogP contribution in [0.5, 0.6) is 11.5 Å². The Balaban J connectivity index is 3.44. The topological polar surface area (TPSA) is 38.7 Å². The predicted octanol–water partition coefficient (Wildman–Crippen LogP) is 2.91. The Morgan fingerprint density at radius 1 is 1.17 bits per heavy atom. The smallest absolute Gasteiger partial charge is 0.267 e. The molecule has 102 valence electrons. The molecular weight excluding hydrogens is 242 g/mol. The predicted molar refractivity (Wildman–Crippen MR) is 64.6 cm³/mol. The average molecular weight is 260 g/mol. The third-order valence-electron chi connectivity index (χ3n) is 2.91. The number of methoxy groups -OCH3 is 2. The van der Waals surface area contributed by atoms with E-state index in [1.165, 1.54) is 26.4 Å². The lowest BCUT2D eigenvalue weighted by Crippen LogP contribution is -2.23. The second kappa shape index (κ2) is 5.52. The maximum atomic E-state index is 12.9. The highest BCUT2D eigenvalue weighted by Gasteiger charge is 2.27. The van der Waals surface area contributed by atoms with Crippen LogP contribution in [0.4, 0.5) is 8.78 Å². The molecule has 5 heteroatoms. The Bertz CT molecular complexity index is 417. The van der Waals surface area contributed by atoms with Crippen LogP contribution in [0.25, 0.3) is 0 Å². The van der Waals surface area contributed by atoms with Gasteiger partial charge in [-0.25, -0.2) is 8.78 Å². The van der Waals surface area contributed by atoms with Crippen molar-refractivity contribution in [3.05, 3.63) is 23.3 Å². The van der Waals surface area contributed by atoms with Crippen molar-refractivity contribution in [3.8, 4) is 11.5 Å². The molecule has 18 heavy (non-hydrogen) atoms. The van der Waals surface area contributed by atoms with Crippen LogP contribution in [0.3, 0.4) is 0 Å². The summed E-state index contributed by atoms with van der Waals surface area (Å²) in [6, 6.07) is 2.76. The van der Waals surface area contributed by atoms with Crippen molar-refractivity contribution in [2.24, 2.45) is 0 Å². The first-order valence-electron chi connectivity index (χ1n) is 5.52. The first-order valence-corrected chi connectivity index (χ1v) is 5.52. The van der Waals surface area contributed by atoms with Crippen LogP contribution >= 0.6 is 0 Å². The van der Waals surface area contributed by atoms with Crippen molar-refractivity contribution >= 4 is 0 Å². The SMILES string of the molecule is COc1cc(C(C)(C)CO)c(OC)cc1C(F)F. The van der Waals surface area contributed by atoms with Gasteiger partial charge in [-0.3, -0.25) is 0 Å². The van der Waals surface area contributed by atoms with Gasteiger partial charge in [-0.1, -0.05) is 13.8 Å². The monoisotopic (exact) mass is 260 g/mol. The molecule has 1 rings (SSSR count). The molecule has 0 unspecified atom stereocenters. The van der Waals surface area contributed by atoms with Crippen LogP contribution in [-0.2, 0) is 5.41 Å². The lowest BCUT2D eigenvalue weighted by atomic mass is 9.84. The Hall–Kier alpha value is -1.36. The largest absolute Gasteiger partial charge is 0.496 e. The molecule has 0 aliphatic heterocycles. The second-order valence-corrected chi connectivity index (χ2v) is 4.64. The Morgan fingerprint density at radius 3 is 2.11 bits per heavy atom. The van der Waals surface area contributed by atoms with E-state index in [9.17, 15) is 13.9 Å². The van der Waals surface area contributed by atoms with E-state index in [-0.39, 0.29) is 17.9 Å². The molecule has 1 aromatic rings. The van der Waals surface area contributed by atoms with E-state index in [4.69, 9.17) is 9.47 Å². The zero-order valence-corrected chi connectivity index (χ0v) is 11.0. The van der Waals surface area contributed by atoms with Crippen molar-refractivity contribution in [2.45, 2.75) is 25.7 Å². The van der Waals surface area contributed by atoms with E-state index in [0.717, 1.165) is 0 Å². The normalized spacial score (nSPS) is 11.8. The van der Waals surface area contributed by atoms with Gasteiger partial charge in [0.2, 0.25) is 0 Å². The van der Waals surface area contributed by atoms with Crippen LogP contribution in [0.15, 0.2) is 12.1 Å². The molecule has 0 saturated carbocycles. The Labute approximate surface area is 105 Å². The number of hydrogen-bond donors (Lipinski definition) is 1. The van der Waals surface area contributed by atoms with Gasteiger partial charge >= 0.3 is 0 Å². The molecule has 3 nitrogen and oxygen atoms in total.